The highest BCUT2D eigenvalue weighted by molar-refractivity contribution is 7.14. The van der Waals surface area contributed by atoms with E-state index in [1.807, 2.05) is 30.4 Å². The Balaban J connectivity index is 1.56. The summed E-state index contributed by atoms with van der Waals surface area (Å²) in [6.45, 7) is 8.76. The molecule has 1 atom stereocenters. The van der Waals surface area contributed by atoms with Gasteiger partial charge in [-0.25, -0.2) is 0 Å². The number of thiophene rings is 1. The van der Waals surface area contributed by atoms with Crippen molar-refractivity contribution in [3.8, 4) is 29.7 Å². The van der Waals surface area contributed by atoms with Crippen molar-refractivity contribution in [2.75, 3.05) is 31.2 Å². The molecule has 2 aromatic carbocycles. The van der Waals surface area contributed by atoms with Crippen LogP contribution in [0.2, 0.25) is 10.0 Å². The summed E-state index contributed by atoms with van der Waals surface area (Å²) >= 11 is 14.0. The molecule has 0 amide bonds. The summed E-state index contributed by atoms with van der Waals surface area (Å²) in [5.41, 5.74) is 1.80. The lowest BCUT2D eigenvalue weighted by atomic mass is 9.86. The van der Waals surface area contributed by atoms with E-state index in [0.29, 0.717) is 45.9 Å². The number of anilines is 1. The summed E-state index contributed by atoms with van der Waals surface area (Å²) in [5.74, 6) is 1.18. The monoisotopic (exact) mass is 654 g/mol. The molecule has 10 heteroatoms. The van der Waals surface area contributed by atoms with Crippen LogP contribution < -0.4 is 14.4 Å². The first-order valence-electron chi connectivity index (χ1n) is 14.3. The molecule has 3 aromatic rings. The van der Waals surface area contributed by atoms with E-state index in [-0.39, 0.29) is 16.9 Å². The molecule has 7 nitrogen and oxygen atoms in total. The molecular formula is C35H28Cl2N4O3S. The number of ether oxygens (including phenoxy) is 3. The van der Waals surface area contributed by atoms with Gasteiger partial charge in [-0.3, -0.25) is 0 Å². The summed E-state index contributed by atoms with van der Waals surface area (Å²) in [5, 5.41) is 30.1. The average molecular weight is 656 g/mol. The van der Waals surface area contributed by atoms with Crippen LogP contribution in [0.3, 0.4) is 0 Å². The first-order valence-corrected chi connectivity index (χ1v) is 15.8. The number of hydrogen-bond donors (Lipinski definition) is 0. The molecule has 2 aliphatic rings. The second-order valence-corrected chi connectivity index (χ2v) is 12.1. The molecule has 0 saturated heterocycles. The summed E-state index contributed by atoms with van der Waals surface area (Å²) in [6, 6.07) is 19.3. The smallest absolute Gasteiger partial charge is 0.180 e. The van der Waals surface area contributed by atoms with Crippen molar-refractivity contribution in [3.05, 3.63) is 102 Å². The van der Waals surface area contributed by atoms with E-state index in [0.717, 1.165) is 28.4 Å². The van der Waals surface area contributed by atoms with Crippen LogP contribution in [0, 0.1) is 34.0 Å². The molecule has 3 heterocycles. The summed E-state index contributed by atoms with van der Waals surface area (Å²) in [6.07, 6.45) is 7.63. The largest absolute Gasteiger partial charge is 0.485 e. The summed E-state index contributed by atoms with van der Waals surface area (Å²) in [7, 11) is 0. The van der Waals surface area contributed by atoms with Crippen LogP contribution in [0.5, 0.6) is 11.5 Å². The highest BCUT2D eigenvalue weighted by Crippen LogP contribution is 2.50. The van der Waals surface area contributed by atoms with E-state index in [1.54, 1.807) is 31.2 Å². The van der Waals surface area contributed by atoms with Gasteiger partial charge in [-0.1, -0.05) is 53.6 Å². The van der Waals surface area contributed by atoms with Crippen molar-refractivity contribution in [1.82, 2.24) is 0 Å². The fraction of sp³-hybridized carbons (Fsp3) is 0.229. The van der Waals surface area contributed by atoms with Gasteiger partial charge in [0, 0.05) is 29.9 Å². The molecule has 2 aliphatic heterocycles. The Labute approximate surface area is 276 Å². The highest BCUT2D eigenvalue weighted by Gasteiger charge is 2.44. The zero-order valence-corrected chi connectivity index (χ0v) is 27.2. The van der Waals surface area contributed by atoms with Crippen LogP contribution in [0.4, 0.5) is 5.69 Å². The summed E-state index contributed by atoms with van der Waals surface area (Å²) < 4.78 is 18.3. The third kappa shape index (κ3) is 6.17. The van der Waals surface area contributed by atoms with Gasteiger partial charge >= 0.3 is 0 Å². The quantitative estimate of drug-likeness (QED) is 0.223. The molecule has 0 spiro atoms. The minimum atomic E-state index is -1.25. The Morgan fingerprint density at radius 1 is 0.889 bits per heavy atom. The Bertz CT molecular complexity index is 1870. The van der Waals surface area contributed by atoms with Crippen molar-refractivity contribution >= 4 is 58.5 Å². The number of benzene rings is 2. The Kier molecular flexibility index (Phi) is 9.57. The SMILES string of the molecule is CCN(CC)c1ccc(/C=C/c2sc(/C=C/C3=C(C#N)C(=C(C#N)C#N)OC3(C)c3ccc(Cl)c(Cl)c3)c3c2OCCO3)cc1. The van der Waals surface area contributed by atoms with Crippen LogP contribution in [-0.2, 0) is 10.3 Å². The van der Waals surface area contributed by atoms with E-state index in [2.05, 4.69) is 49.1 Å². The topological polar surface area (TPSA) is 102 Å². The minimum absolute atomic E-state index is 0.0776. The van der Waals surface area contributed by atoms with Gasteiger partial charge in [-0.05, 0) is 62.8 Å². The maximum absolute atomic E-state index is 10.2. The highest BCUT2D eigenvalue weighted by atomic mass is 35.5. The standard InChI is InChI=1S/C35H28Cl2N4O3S/c1-4-41(5-2)25-10-6-22(7-11-25)8-14-30-33-34(43-17-16-42-33)31(45-30)15-12-27-26(21-40)32(23(19-38)20-39)44-35(27,3)24-9-13-28(36)29(37)18-24/h6-15,18H,4-5,16-17H2,1-3H3/b14-8+,15-12+. The van der Waals surface area contributed by atoms with Gasteiger partial charge < -0.3 is 19.1 Å². The number of halogens is 2. The normalized spacial score (nSPS) is 17.2. The lowest BCUT2D eigenvalue weighted by Gasteiger charge is -2.27. The average Bonchev–Trinajstić information content (AvgIpc) is 3.56. The molecule has 1 aromatic heterocycles. The van der Waals surface area contributed by atoms with Gasteiger partial charge in [-0.2, -0.15) is 15.8 Å². The van der Waals surface area contributed by atoms with E-state index in [1.165, 1.54) is 17.0 Å². The minimum Gasteiger partial charge on any atom is -0.485 e. The maximum atomic E-state index is 10.2. The lowest BCUT2D eigenvalue weighted by molar-refractivity contribution is 0.0755. The molecule has 226 valence electrons. The predicted octanol–water partition coefficient (Wildman–Crippen LogP) is 8.92. The van der Waals surface area contributed by atoms with Gasteiger partial charge in [0.15, 0.2) is 28.4 Å². The summed E-state index contributed by atoms with van der Waals surface area (Å²) in [4.78, 5) is 3.96. The Hall–Kier alpha value is -4.65. The zero-order valence-electron chi connectivity index (χ0n) is 24.9. The van der Waals surface area contributed by atoms with Crippen LogP contribution in [0.1, 0.15) is 41.7 Å². The third-order valence-corrected chi connectivity index (χ3v) is 9.47. The van der Waals surface area contributed by atoms with Crippen molar-refractivity contribution in [2.45, 2.75) is 26.4 Å². The van der Waals surface area contributed by atoms with Crippen LogP contribution >= 0.6 is 34.5 Å². The molecule has 0 saturated carbocycles. The van der Waals surface area contributed by atoms with Crippen LogP contribution in [0.15, 0.2) is 71.0 Å². The van der Waals surface area contributed by atoms with E-state index < -0.39 is 5.60 Å². The Morgan fingerprint density at radius 3 is 2.07 bits per heavy atom. The lowest BCUT2D eigenvalue weighted by Crippen LogP contribution is -2.23. The zero-order chi connectivity index (χ0) is 32.1. The van der Waals surface area contributed by atoms with E-state index in [9.17, 15) is 15.8 Å². The second kappa shape index (κ2) is 13.6. The number of hydrogen-bond acceptors (Lipinski definition) is 8. The molecule has 1 unspecified atom stereocenters. The number of nitriles is 3. The molecule has 45 heavy (non-hydrogen) atoms. The van der Waals surface area contributed by atoms with Crippen LogP contribution in [0.25, 0.3) is 18.2 Å². The third-order valence-electron chi connectivity index (χ3n) is 7.65. The van der Waals surface area contributed by atoms with Crippen molar-refractivity contribution in [1.29, 1.82) is 15.8 Å². The van der Waals surface area contributed by atoms with Gasteiger partial charge in [0.2, 0.25) is 0 Å². The molecule has 0 bridgehead atoms. The number of allylic oxidation sites excluding steroid dienone is 2. The van der Waals surface area contributed by atoms with E-state index >= 15 is 0 Å². The molecule has 0 radical (unpaired) electrons. The first-order chi connectivity index (χ1) is 21.8. The number of nitrogens with zero attached hydrogens (tertiary/aromatic N) is 4. The molecule has 5 rings (SSSR count). The van der Waals surface area contributed by atoms with E-state index in [4.69, 9.17) is 37.4 Å². The van der Waals surface area contributed by atoms with Crippen LogP contribution in [-0.4, -0.2) is 26.3 Å². The second-order valence-electron chi connectivity index (χ2n) is 10.2. The molecule has 0 aliphatic carbocycles. The molecule has 0 fully saturated rings. The predicted molar refractivity (Wildman–Crippen MR) is 179 cm³/mol. The van der Waals surface area contributed by atoms with Crippen molar-refractivity contribution < 1.29 is 14.2 Å². The maximum Gasteiger partial charge on any atom is 0.180 e. The van der Waals surface area contributed by atoms with Crippen molar-refractivity contribution in [3.63, 3.8) is 0 Å². The Morgan fingerprint density at radius 2 is 1.51 bits per heavy atom. The van der Waals surface area contributed by atoms with Gasteiger partial charge in [-0.15, -0.1) is 11.3 Å². The van der Waals surface area contributed by atoms with Gasteiger partial charge in [0.25, 0.3) is 0 Å². The first kappa shape index (κ1) is 31.8. The van der Waals surface area contributed by atoms with Gasteiger partial charge in [0.1, 0.15) is 37.0 Å². The number of fused-ring (bicyclic) bond motifs is 1. The fourth-order valence-corrected chi connectivity index (χ4v) is 6.56. The van der Waals surface area contributed by atoms with Crippen molar-refractivity contribution in [2.24, 2.45) is 0 Å². The molecule has 0 N–H and O–H groups in total. The van der Waals surface area contributed by atoms with Gasteiger partial charge in [0.05, 0.1) is 19.8 Å². The number of rotatable bonds is 8. The molecular weight excluding hydrogens is 627 g/mol. The fourth-order valence-electron chi connectivity index (χ4n) is 5.27.